The summed E-state index contributed by atoms with van der Waals surface area (Å²) < 4.78 is 50.1. The van der Waals surface area contributed by atoms with Crippen LogP contribution in [-0.2, 0) is 13.1 Å². The maximum Gasteiger partial charge on any atom is 0.133 e. The van der Waals surface area contributed by atoms with Gasteiger partial charge in [-0.25, -0.2) is 17.6 Å². The summed E-state index contributed by atoms with van der Waals surface area (Å²) in [4.78, 5) is 0. The van der Waals surface area contributed by atoms with Crippen molar-refractivity contribution in [3.63, 3.8) is 0 Å². The summed E-state index contributed by atoms with van der Waals surface area (Å²) >= 11 is 0. The summed E-state index contributed by atoms with van der Waals surface area (Å²) in [6.45, 7) is 1.85. The number of halogens is 4. The molecule has 0 saturated heterocycles. The van der Waals surface area contributed by atoms with E-state index >= 15 is 0 Å². The molecule has 0 spiro atoms. The minimum absolute atomic E-state index is 0. The Morgan fingerprint density at radius 1 is 0.818 bits per heavy atom. The van der Waals surface area contributed by atoms with Gasteiger partial charge in [0.1, 0.15) is 23.3 Å². The topological polar surface area (TPSA) is 52.0 Å². The minimum atomic E-state index is -0.940. The van der Waals surface area contributed by atoms with Crippen molar-refractivity contribution < 1.29 is 17.6 Å². The Kier molecular flexibility index (Phi) is 8.37. The zero-order valence-corrected chi connectivity index (χ0v) is 11.5. The van der Waals surface area contributed by atoms with Crippen molar-refractivity contribution in [2.24, 2.45) is 11.5 Å². The average molecular weight is 316 g/mol. The van der Waals surface area contributed by atoms with Crippen LogP contribution in [0.3, 0.4) is 0 Å². The Bertz CT molecular complexity index is 592. The molecule has 0 bridgehead atoms. The summed E-state index contributed by atoms with van der Waals surface area (Å²) in [5.74, 6) is -3.02. The molecule has 2 aromatic rings. The van der Waals surface area contributed by atoms with Gasteiger partial charge in [0, 0.05) is 36.3 Å². The van der Waals surface area contributed by atoms with Gasteiger partial charge in [-0.05, 0) is 18.6 Å². The van der Waals surface area contributed by atoms with Crippen molar-refractivity contribution in [3.05, 3.63) is 70.3 Å². The molecule has 2 nitrogen and oxygen atoms in total. The highest BCUT2D eigenvalue weighted by Gasteiger charge is 2.08. The van der Waals surface area contributed by atoms with Crippen molar-refractivity contribution in [1.29, 1.82) is 0 Å². The van der Waals surface area contributed by atoms with Crippen LogP contribution < -0.4 is 11.5 Å². The van der Waals surface area contributed by atoms with E-state index in [0.29, 0.717) is 17.7 Å². The van der Waals surface area contributed by atoms with Crippen molar-refractivity contribution in [2.45, 2.75) is 27.4 Å². The Morgan fingerprint density at radius 2 is 1.36 bits per heavy atom. The highest BCUT2D eigenvalue weighted by molar-refractivity contribution is 5.23. The van der Waals surface area contributed by atoms with Gasteiger partial charge in [0.2, 0.25) is 0 Å². The predicted octanol–water partition coefficient (Wildman–Crippen LogP) is 3.79. The lowest BCUT2D eigenvalue weighted by molar-refractivity contribution is 0.524. The van der Waals surface area contributed by atoms with Gasteiger partial charge in [0.05, 0.1) is 0 Å². The van der Waals surface area contributed by atoms with Crippen molar-refractivity contribution in [3.8, 4) is 0 Å². The summed E-state index contributed by atoms with van der Waals surface area (Å²) in [5, 5.41) is 0. The average Bonchev–Trinajstić information content (AvgIpc) is 2.39. The molecule has 2 aromatic carbocycles. The first-order valence-electron chi connectivity index (χ1n) is 6.17. The van der Waals surface area contributed by atoms with E-state index in [9.17, 15) is 17.6 Å². The van der Waals surface area contributed by atoms with E-state index < -0.39 is 17.5 Å². The third-order valence-corrected chi connectivity index (χ3v) is 2.74. The highest BCUT2D eigenvalue weighted by Crippen LogP contribution is 2.13. The molecule has 122 valence electrons. The lowest BCUT2D eigenvalue weighted by Crippen LogP contribution is -2.03. The predicted molar refractivity (Wildman–Crippen MR) is 80.0 cm³/mol. The van der Waals surface area contributed by atoms with E-state index in [0.717, 1.165) is 5.56 Å². The molecule has 0 aliphatic rings. The molecule has 0 heterocycles. The van der Waals surface area contributed by atoms with Gasteiger partial charge in [-0.1, -0.05) is 19.6 Å². The molecule has 0 aromatic heterocycles. The smallest absolute Gasteiger partial charge is 0.133 e. The third kappa shape index (κ3) is 5.46. The molecule has 0 aliphatic carbocycles. The Morgan fingerprint density at radius 3 is 1.77 bits per heavy atom. The molecule has 0 aliphatic heterocycles. The van der Waals surface area contributed by atoms with Crippen LogP contribution >= 0.6 is 0 Å². The molecule has 0 unspecified atom stereocenters. The number of aryl methyl sites for hydroxylation is 1. The van der Waals surface area contributed by atoms with Gasteiger partial charge >= 0.3 is 0 Å². The first kappa shape index (κ1) is 20.1. The zero-order chi connectivity index (χ0) is 16.0. The zero-order valence-electron chi connectivity index (χ0n) is 11.5. The molecule has 2 rings (SSSR count). The number of nitrogens with two attached hydrogens (primary N) is 2. The maximum atomic E-state index is 12.8. The quantitative estimate of drug-likeness (QED) is 0.828. The summed E-state index contributed by atoms with van der Waals surface area (Å²) in [5.41, 5.74) is 11.5. The lowest BCUT2D eigenvalue weighted by Gasteiger charge is -2.00. The number of hydrogen-bond donors (Lipinski definition) is 2. The molecule has 0 saturated carbocycles. The fourth-order valence-electron chi connectivity index (χ4n) is 1.58. The van der Waals surface area contributed by atoms with E-state index in [1.807, 2.05) is 13.0 Å². The van der Waals surface area contributed by atoms with Gasteiger partial charge in [0.25, 0.3) is 0 Å². The summed E-state index contributed by atoms with van der Waals surface area (Å²) in [6.07, 6.45) is 0. The largest absolute Gasteiger partial charge is 0.326 e. The van der Waals surface area contributed by atoms with Crippen LogP contribution in [0.5, 0.6) is 0 Å². The number of benzene rings is 2. The lowest BCUT2D eigenvalue weighted by atomic mass is 10.1. The van der Waals surface area contributed by atoms with E-state index in [1.165, 1.54) is 6.07 Å². The minimum Gasteiger partial charge on any atom is -0.326 e. The van der Waals surface area contributed by atoms with Crippen LogP contribution in [-0.4, -0.2) is 0 Å². The second-order valence-electron chi connectivity index (χ2n) is 4.35. The Labute approximate surface area is 127 Å². The summed E-state index contributed by atoms with van der Waals surface area (Å²) in [7, 11) is 0. The second-order valence-corrected chi connectivity index (χ2v) is 4.35. The molecular weight excluding hydrogens is 296 g/mol. The molecule has 0 atom stereocenters. The van der Waals surface area contributed by atoms with Crippen LogP contribution in [0.4, 0.5) is 17.6 Å². The monoisotopic (exact) mass is 316 g/mol. The van der Waals surface area contributed by atoms with Crippen LogP contribution in [0.25, 0.3) is 0 Å². The Balaban J connectivity index is 0.000000385. The Hall–Kier alpha value is -1.92. The molecule has 0 fully saturated rings. The van der Waals surface area contributed by atoms with Crippen LogP contribution in [0.2, 0.25) is 0 Å². The van der Waals surface area contributed by atoms with E-state index in [-0.39, 0.29) is 31.9 Å². The van der Waals surface area contributed by atoms with Crippen molar-refractivity contribution in [1.82, 2.24) is 0 Å². The van der Waals surface area contributed by atoms with Crippen LogP contribution in [0.1, 0.15) is 24.1 Å². The molecule has 4 N–H and O–H groups in total. The van der Waals surface area contributed by atoms with Gasteiger partial charge < -0.3 is 11.5 Å². The van der Waals surface area contributed by atoms with Gasteiger partial charge in [-0.3, -0.25) is 0 Å². The summed E-state index contributed by atoms with van der Waals surface area (Å²) in [6, 6.07) is 6.26. The SMILES string of the molecule is C.Cc1ccc(CN)c(F)c1.NCc1c(F)cc(F)cc1F. The van der Waals surface area contributed by atoms with Gasteiger partial charge in [0.15, 0.2) is 0 Å². The molecule has 0 radical (unpaired) electrons. The van der Waals surface area contributed by atoms with Crippen LogP contribution in [0, 0.1) is 30.2 Å². The third-order valence-electron chi connectivity index (χ3n) is 2.74. The van der Waals surface area contributed by atoms with E-state index in [4.69, 9.17) is 11.5 Å². The van der Waals surface area contributed by atoms with Crippen LogP contribution in [0.15, 0.2) is 30.3 Å². The fourth-order valence-corrected chi connectivity index (χ4v) is 1.58. The van der Waals surface area contributed by atoms with Crippen molar-refractivity contribution in [2.75, 3.05) is 0 Å². The highest BCUT2D eigenvalue weighted by atomic mass is 19.1. The normalized spacial score (nSPS) is 9.59. The molecule has 0 amide bonds. The van der Waals surface area contributed by atoms with E-state index in [1.54, 1.807) is 6.07 Å². The standard InChI is InChI=1S/C8H10FN.C7H6F3N.CH4/c1-6-2-3-7(5-10)8(9)4-6;8-4-1-6(9)5(3-11)7(10)2-4;/h2-4H,5,10H2,1H3;1-2H,3,11H2;1H4. The first-order valence-corrected chi connectivity index (χ1v) is 6.17. The van der Waals surface area contributed by atoms with E-state index in [2.05, 4.69) is 0 Å². The van der Waals surface area contributed by atoms with Gasteiger partial charge in [-0.15, -0.1) is 0 Å². The second kappa shape index (κ2) is 9.17. The molecule has 22 heavy (non-hydrogen) atoms. The first-order chi connectivity index (χ1) is 9.88. The number of rotatable bonds is 2. The molecule has 6 heteroatoms. The van der Waals surface area contributed by atoms with Gasteiger partial charge in [-0.2, -0.15) is 0 Å². The number of hydrogen-bond acceptors (Lipinski definition) is 2. The molecular formula is C16H20F4N2. The maximum absolute atomic E-state index is 12.8. The van der Waals surface area contributed by atoms with Crippen molar-refractivity contribution >= 4 is 0 Å². The fraction of sp³-hybridized carbons (Fsp3) is 0.250.